The summed E-state index contributed by atoms with van der Waals surface area (Å²) >= 11 is 1.59. The average Bonchev–Trinajstić information content (AvgIpc) is 3.04. The molecule has 1 aliphatic carbocycles. The fraction of sp³-hybridized carbons (Fsp3) is 0.450. The van der Waals surface area contributed by atoms with Gasteiger partial charge < -0.3 is 5.32 Å². The number of nitrogens with one attached hydrogen (secondary N) is 1. The van der Waals surface area contributed by atoms with Crippen molar-refractivity contribution in [1.82, 2.24) is 14.9 Å². The zero-order valence-corrected chi connectivity index (χ0v) is 15.8. The third-order valence-electron chi connectivity index (χ3n) is 5.15. The van der Waals surface area contributed by atoms with Crippen LogP contribution in [0, 0.1) is 6.92 Å². The first-order chi connectivity index (χ1) is 12.6. The summed E-state index contributed by atoms with van der Waals surface area (Å²) in [6.07, 6.45) is 4.21. The van der Waals surface area contributed by atoms with Crippen LogP contribution in [0.5, 0.6) is 0 Å². The van der Waals surface area contributed by atoms with E-state index in [9.17, 15) is 9.59 Å². The summed E-state index contributed by atoms with van der Waals surface area (Å²) in [6.45, 7) is 2.56. The number of thioether (sulfide) groups is 1. The molecular formula is C20H23N3O2S. The molecule has 1 aliphatic heterocycles. The molecule has 0 saturated carbocycles. The van der Waals surface area contributed by atoms with Crippen molar-refractivity contribution < 1.29 is 4.79 Å². The van der Waals surface area contributed by atoms with Gasteiger partial charge in [-0.15, -0.1) is 0 Å². The standard InChI is InChI=1S/C20H23N3O2S/c1-13-6-8-14(9-7-13)11-21-18(24)10-15-12-26-20-22-17-5-3-2-4-16(17)19(25)23(15)20/h6-9,15H,2-5,10-12H2,1H3,(H,21,24)/t15-/m0/s1. The molecule has 26 heavy (non-hydrogen) atoms. The Hall–Kier alpha value is -2.08. The molecule has 0 unspecified atom stereocenters. The maximum Gasteiger partial charge on any atom is 0.257 e. The van der Waals surface area contributed by atoms with Crippen molar-refractivity contribution in [3.05, 3.63) is 57.0 Å². The first kappa shape index (κ1) is 17.3. The second-order valence-corrected chi connectivity index (χ2v) is 8.12. The van der Waals surface area contributed by atoms with Crippen molar-refractivity contribution in [3.63, 3.8) is 0 Å². The molecule has 2 aliphatic rings. The maximum atomic E-state index is 12.9. The van der Waals surface area contributed by atoms with E-state index in [-0.39, 0.29) is 17.5 Å². The molecule has 1 amide bonds. The zero-order valence-electron chi connectivity index (χ0n) is 15.0. The molecule has 1 aromatic carbocycles. The molecule has 5 nitrogen and oxygen atoms in total. The van der Waals surface area contributed by atoms with E-state index in [0.29, 0.717) is 13.0 Å². The lowest BCUT2D eigenvalue weighted by Gasteiger charge is -2.18. The molecule has 1 N–H and O–H groups in total. The highest BCUT2D eigenvalue weighted by Gasteiger charge is 2.30. The molecule has 4 rings (SSSR count). The number of nitrogens with zero attached hydrogens (tertiary/aromatic N) is 2. The largest absolute Gasteiger partial charge is 0.352 e. The van der Waals surface area contributed by atoms with Gasteiger partial charge in [0.25, 0.3) is 5.56 Å². The van der Waals surface area contributed by atoms with Gasteiger partial charge in [0.15, 0.2) is 5.16 Å². The highest BCUT2D eigenvalue weighted by molar-refractivity contribution is 7.99. The summed E-state index contributed by atoms with van der Waals surface area (Å²) in [5, 5.41) is 3.76. The summed E-state index contributed by atoms with van der Waals surface area (Å²) < 4.78 is 1.76. The number of carbonyl (C=O) groups excluding carboxylic acids is 1. The molecule has 0 spiro atoms. The molecule has 136 valence electrons. The smallest absolute Gasteiger partial charge is 0.257 e. The molecule has 0 fully saturated rings. The Balaban J connectivity index is 1.45. The Labute approximate surface area is 157 Å². The number of amides is 1. The van der Waals surface area contributed by atoms with Crippen molar-refractivity contribution in [2.75, 3.05) is 5.75 Å². The molecule has 2 heterocycles. The van der Waals surface area contributed by atoms with Crippen molar-refractivity contribution >= 4 is 17.7 Å². The van der Waals surface area contributed by atoms with E-state index in [0.717, 1.165) is 53.4 Å². The molecule has 6 heteroatoms. The summed E-state index contributed by atoms with van der Waals surface area (Å²) in [5.41, 5.74) is 4.20. The second kappa shape index (κ2) is 7.27. The van der Waals surface area contributed by atoms with Crippen LogP contribution in [0.3, 0.4) is 0 Å². The number of benzene rings is 1. The fourth-order valence-corrected chi connectivity index (χ4v) is 4.81. The summed E-state index contributed by atoms with van der Waals surface area (Å²) in [5.74, 6) is 0.719. The zero-order chi connectivity index (χ0) is 18.1. The number of carbonyl (C=O) groups is 1. The SMILES string of the molecule is Cc1ccc(CNC(=O)C[C@H]2CSc3nc4c(c(=O)n32)CCCC4)cc1. The molecule has 1 aromatic heterocycles. The fourth-order valence-electron chi connectivity index (χ4n) is 3.66. The predicted molar refractivity (Wildman–Crippen MR) is 103 cm³/mol. The van der Waals surface area contributed by atoms with Gasteiger partial charge in [0.2, 0.25) is 5.91 Å². The number of aromatic nitrogens is 2. The summed E-state index contributed by atoms with van der Waals surface area (Å²) in [7, 11) is 0. The Morgan fingerprint density at radius 2 is 2.04 bits per heavy atom. The van der Waals surface area contributed by atoms with Gasteiger partial charge >= 0.3 is 0 Å². The van der Waals surface area contributed by atoms with Gasteiger partial charge in [0.1, 0.15) is 0 Å². The van der Waals surface area contributed by atoms with Crippen LogP contribution in [0.25, 0.3) is 0 Å². The molecular weight excluding hydrogens is 346 g/mol. The Kier molecular flexibility index (Phi) is 4.85. The van der Waals surface area contributed by atoms with E-state index in [2.05, 4.69) is 5.32 Å². The summed E-state index contributed by atoms with van der Waals surface area (Å²) in [4.78, 5) is 30.0. The van der Waals surface area contributed by atoms with Crippen LogP contribution >= 0.6 is 11.8 Å². The third-order valence-corrected chi connectivity index (χ3v) is 6.25. The van der Waals surface area contributed by atoms with Crippen molar-refractivity contribution in [3.8, 4) is 0 Å². The average molecular weight is 369 g/mol. The van der Waals surface area contributed by atoms with Crippen molar-refractivity contribution in [2.24, 2.45) is 0 Å². The van der Waals surface area contributed by atoms with Crippen LogP contribution < -0.4 is 10.9 Å². The highest BCUT2D eigenvalue weighted by Crippen LogP contribution is 2.33. The van der Waals surface area contributed by atoms with Crippen LogP contribution in [0.1, 0.15) is 47.7 Å². The van der Waals surface area contributed by atoms with Crippen LogP contribution in [-0.4, -0.2) is 21.2 Å². The minimum Gasteiger partial charge on any atom is -0.352 e. The van der Waals surface area contributed by atoms with Gasteiger partial charge in [0.05, 0.1) is 11.7 Å². The number of aryl methyl sites for hydroxylation is 2. The quantitative estimate of drug-likeness (QED) is 0.842. The number of rotatable bonds is 4. The van der Waals surface area contributed by atoms with Gasteiger partial charge in [-0.25, -0.2) is 4.98 Å². The summed E-state index contributed by atoms with van der Waals surface area (Å²) in [6, 6.07) is 8.04. The first-order valence-electron chi connectivity index (χ1n) is 9.21. The molecule has 0 bridgehead atoms. The van der Waals surface area contributed by atoms with E-state index < -0.39 is 0 Å². The number of hydrogen-bond acceptors (Lipinski definition) is 4. The van der Waals surface area contributed by atoms with Gasteiger partial charge in [-0.1, -0.05) is 41.6 Å². The lowest BCUT2D eigenvalue weighted by atomic mass is 9.97. The van der Waals surface area contributed by atoms with Crippen LogP contribution in [0.15, 0.2) is 34.2 Å². The lowest BCUT2D eigenvalue weighted by Crippen LogP contribution is -2.33. The predicted octanol–water partition coefficient (Wildman–Crippen LogP) is 2.78. The molecule has 0 saturated heterocycles. The highest BCUT2D eigenvalue weighted by atomic mass is 32.2. The topological polar surface area (TPSA) is 64.0 Å². The Bertz CT molecular complexity index is 889. The van der Waals surface area contributed by atoms with E-state index in [1.807, 2.05) is 31.2 Å². The minimum absolute atomic E-state index is 0.0198. The van der Waals surface area contributed by atoms with Crippen molar-refractivity contribution in [2.45, 2.75) is 56.8 Å². The second-order valence-electron chi connectivity index (χ2n) is 7.13. The number of hydrogen-bond donors (Lipinski definition) is 1. The van der Waals surface area contributed by atoms with E-state index in [1.165, 1.54) is 5.56 Å². The molecule has 0 radical (unpaired) electrons. The molecule has 1 atom stereocenters. The van der Waals surface area contributed by atoms with Crippen LogP contribution in [0.4, 0.5) is 0 Å². The van der Waals surface area contributed by atoms with Gasteiger partial charge in [-0.3, -0.25) is 14.2 Å². The van der Waals surface area contributed by atoms with Crippen molar-refractivity contribution in [1.29, 1.82) is 0 Å². The minimum atomic E-state index is -0.0970. The van der Waals surface area contributed by atoms with E-state index in [1.54, 1.807) is 16.3 Å². The van der Waals surface area contributed by atoms with Gasteiger partial charge in [0, 0.05) is 24.3 Å². The van der Waals surface area contributed by atoms with E-state index >= 15 is 0 Å². The van der Waals surface area contributed by atoms with Crippen LogP contribution in [0.2, 0.25) is 0 Å². The monoisotopic (exact) mass is 369 g/mol. The third kappa shape index (κ3) is 3.43. The molecule has 2 aromatic rings. The Morgan fingerprint density at radius 3 is 2.85 bits per heavy atom. The Morgan fingerprint density at radius 1 is 1.27 bits per heavy atom. The van der Waals surface area contributed by atoms with Crippen LogP contribution in [-0.2, 0) is 24.2 Å². The lowest BCUT2D eigenvalue weighted by molar-refractivity contribution is -0.121. The first-order valence-corrected chi connectivity index (χ1v) is 10.2. The van der Waals surface area contributed by atoms with Gasteiger partial charge in [-0.05, 0) is 38.2 Å². The van der Waals surface area contributed by atoms with E-state index in [4.69, 9.17) is 4.98 Å². The number of fused-ring (bicyclic) bond motifs is 2. The van der Waals surface area contributed by atoms with Gasteiger partial charge in [-0.2, -0.15) is 0 Å². The normalized spacial score (nSPS) is 18.3. The maximum absolute atomic E-state index is 12.9.